The van der Waals surface area contributed by atoms with Gasteiger partial charge in [-0.1, -0.05) is 28.1 Å². The molecule has 1 aromatic rings. The SMILES string of the molecule is N#Cc1cccc(CCBr)c1. The average molecular weight is 210 g/mol. The predicted octanol–water partition coefficient (Wildman–Crippen LogP) is 2.50. The van der Waals surface area contributed by atoms with Gasteiger partial charge in [0.25, 0.3) is 0 Å². The van der Waals surface area contributed by atoms with E-state index < -0.39 is 0 Å². The second kappa shape index (κ2) is 4.15. The Morgan fingerprint density at radius 2 is 2.27 bits per heavy atom. The highest BCUT2D eigenvalue weighted by Gasteiger charge is 1.92. The van der Waals surface area contributed by atoms with Crippen LogP contribution in [0.3, 0.4) is 0 Å². The molecule has 0 aliphatic carbocycles. The van der Waals surface area contributed by atoms with Crippen LogP contribution in [0.25, 0.3) is 0 Å². The summed E-state index contributed by atoms with van der Waals surface area (Å²) in [6.07, 6.45) is 0.982. The van der Waals surface area contributed by atoms with Gasteiger partial charge in [-0.2, -0.15) is 5.26 Å². The van der Waals surface area contributed by atoms with Gasteiger partial charge in [-0.15, -0.1) is 0 Å². The molecule has 0 saturated carbocycles. The largest absolute Gasteiger partial charge is 0.192 e. The van der Waals surface area contributed by atoms with Crippen molar-refractivity contribution in [3.05, 3.63) is 35.4 Å². The smallest absolute Gasteiger partial charge is 0.0991 e. The standard InChI is InChI=1S/C9H8BrN/c10-5-4-8-2-1-3-9(6-8)7-11/h1-3,6H,4-5H2. The van der Waals surface area contributed by atoms with Crippen LogP contribution in [0.4, 0.5) is 0 Å². The summed E-state index contributed by atoms with van der Waals surface area (Å²) in [5.74, 6) is 0. The normalized spacial score (nSPS) is 9.09. The number of hydrogen-bond donors (Lipinski definition) is 0. The lowest BCUT2D eigenvalue weighted by atomic mass is 10.1. The monoisotopic (exact) mass is 209 g/mol. The molecule has 0 amide bonds. The molecule has 0 aliphatic heterocycles. The van der Waals surface area contributed by atoms with E-state index in [9.17, 15) is 0 Å². The highest BCUT2D eigenvalue weighted by atomic mass is 79.9. The number of rotatable bonds is 2. The van der Waals surface area contributed by atoms with Crippen LogP contribution in [-0.2, 0) is 6.42 Å². The van der Waals surface area contributed by atoms with Gasteiger partial charge >= 0.3 is 0 Å². The molecular weight excluding hydrogens is 202 g/mol. The van der Waals surface area contributed by atoms with Gasteiger partial charge in [-0.05, 0) is 24.1 Å². The van der Waals surface area contributed by atoms with Gasteiger partial charge in [-0.25, -0.2) is 0 Å². The Labute approximate surface area is 74.8 Å². The Morgan fingerprint density at radius 1 is 1.45 bits per heavy atom. The molecule has 0 N–H and O–H groups in total. The Kier molecular flexibility index (Phi) is 3.13. The third-order valence-electron chi connectivity index (χ3n) is 1.44. The molecule has 1 nitrogen and oxygen atoms in total. The maximum atomic E-state index is 8.57. The zero-order valence-corrected chi connectivity index (χ0v) is 7.63. The fraction of sp³-hybridized carbons (Fsp3) is 0.222. The average Bonchev–Trinajstić information content (AvgIpc) is 2.06. The first-order valence-electron chi connectivity index (χ1n) is 3.42. The number of hydrogen-bond acceptors (Lipinski definition) is 1. The van der Waals surface area contributed by atoms with Crippen molar-refractivity contribution in [2.45, 2.75) is 6.42 Å². The Balaban J connectivity index is 2.85. The number of aryl methyl sites for hydroxylation is 1. The Morgan fingerprint density at radius 3 is 2.91 bits per heavy atom. The molecule has 0 heterocycles. The van der Waals surface area contributed by atoms with Crippen molar-refractivity contribution < 1.29 is 0 Å². The molecule has 0 aromatic heterocycles. The number of benzene rings is 1. The van der Waals surface area contributed by atoms with E-state index in [0.29, 0.717) is 0 Å². The van der Waals surface area contributed by atoms with Crippen LogP contribution in [-0.4, -0.2) is 5.33 Å². The lowest BCUT2D eigenvalue weighted by Crippen LogP contribution is -1.85. The van der Waals surface area contributed by atoms with E-state index in [2.05, 4.69) is 22.0 Å². The second-order valence-electron chi connectivity index (χ2n) is 2.25. The summed E-state index contributed by atoms with van der Waals surface area (Å²) in [5, 5.41) is 9.51. The predicted molar refractivity (Wildman–Crippen MR) is 48.7 cm³/mol. The van der Waals surface area contributed by atoms with Gasteiger partial charge in [0, 0.05) is 5.33 Å². The molecule has 0 bridgehead atoms. The maximum absolute atomic E-state index is 8.57. The topological polar surface area (TPSA) is 23.8 Å². The van der Waals surface area contributed by atoms with Crippen molar-refractivity contribution in [3.8, 4) is 6.07 Å². The Bertz CT molecular complexity index is 275. The summed E-state index contributed by atoms with van der Waals surface area (Å²) in [4.78, 5) is 0. The molecule has 0 unspecified atom stereocenters. The van der Waals surface area contributed by atoms with Crippen molar-refractivity contribution in [2.75, 3.05) is 5.33 Å². The van der Waals surface area contributed by atoms with Gasteiger partial charge in [0.2, 0.25) is 0 Å². The second-order valence-corrected chi connectivity index (χ2v) is 3.04. The van der Waals surface area contributed by atoms with Crippen LogP contribution < -0.4 is 0 Å². The van der Waals surface area contributed by atoms with Crippen LogP contribution in [0, 0.1) is 11.3 Å². The number of nitriles is 1. The molecule has 1 aromatic carbocycles. The zero-order valence-electron chi connectivity index (χ0n) is 6.05. The molecule has 0 fully saturated rings. The molecule has 0 spiro atoms. The molecule has 0 aliphatic rings. The molecule has 2 heteroatoms. The summed E-state index contributed by atoms with van der Waals surface area (Å²) in [5.41, 5.74) is 1.95. The summed E-state index contributed by atoms with van der Waals surface area (Å²) in [6.45, 7) is 0. The minimum absolute atomic E-state index is 0.739. The van der Waals surface area contributed by atoms with Gasteiger partial charge < -0.3 is 0 Å². The van der Waals surface area contributed by atoms with E-state index in [1.807, 2.05) is 24.3 Å². The lowest BCUT2D eigenvalue weighted by Gasteiger charge is -1.96. The van der Waals surface area contributed by atoms with Gasteiger partial charge in [-0.3, -0.25) is 0 Å². The highest BCUT2D eigenvalue weighted by molar-refractivity contribution is 9.09. The van der Waals surface area contributed by atoms with Crippen molar-refractivity contribution in [2.24, 2.45) is 0 Å². The first-order valence-corrected chi connectivity index (χ1v) is 4.54. The van der Waals surface area contributed by atoms with E-state index in [1.165, 1.54) is 5.56 Å². The van der Waals surface area contributed by atoms with Crippen LogP contribution in [0.1, 0.15) is 11.1 Å². The first kappa shape index (κ1) is 8.29. The first-order chi connectivity index (χ1) is 5.36. The van der Waals surface area contributed by atoms with Crippen LogP contribution in [0.15, 0.2) is 24.3 Å². The van der Waals surface area contributed by atoms with Crippen LogP contribution in [0.2, 0.25) is 0 Å². The van der Waals surface area contributed by atoms with Crippen LogP contribution >= 0.6 is 15.9 Å². The Hall–Kier alpha value is -0.810. The number of alkyl halides is 1. The van der Waals surface area contributed by atoms with Crippen molar-refractivity contribution in [3.63, 3.8) is 0 Å². The fourth-order valence-electron chi connectivity index (χ4n) is 0.905. The summed E-state index contributed by atoms with van der Waals surface area (Å²) < 4.78 is 0. The summed E-state index contributed by atoms with van der Waals surface area (Å²) in [7, 11) is 0. The third-order valence-corrected chi connectivity index (χ3v) is 1.84. The fourth-order valence-corrected chi connectivity index (χ4v) is 1.36. The van der Waals surface area contributed by atoms with Crippen LogP contribution in [0.5, 0.6) is 0 Å². The number of halogens is 1. The summed E-state index contributed by atoms with van der Waals surface area (Å²) in [6, 6.07) is 9.79. The van der Waals surface area contributed by atoms with E-state index in [4.69, 9.17) is 5.26 Å². The lowest BCUT2D eigenvalue weighted by molar-refractivity contribution is 1.17. The molecule has 11 heavy (non-hydrogen) atoms. The zero-order chi connectivity index (χ0) is 8.10. The highest BCUT2D eigenvalue weighted by Crippen LogP contribution is 2.05. The van der Waals surface area contributed by atoms with Gasteiger partial charge in [0.1, 0.15) is 0 Å². The van der Waals surface area contributed by atoms with Gasteiger partial charge in [0.15, 0.2) is 0 Å². The molecule has 0 saturated heterocycles. The number of nitrogens with zero attached hydrogens (tertiary/aromatic N) is 1. The molecule has 1 rings (SSSR count). The molecular formula is C9H8BrN. The summed E-state index contributed by atoms with van der Waals surface area (Å²) >= 11 is 3.35. The minimum atomic E-state index is 0.739. The maximum Gasteiger partial charge on any atom is 0.0991 e. The quantitative estimate of drug-likeness (QED) is 0.688. The third kappa shape index (κ3) is 2.36. The minimum Gasteiger partial charge on any atom is -0.192 e. The van der Waals surface area contributed by atoms with E-state index in [-0.39, 0.29) is 0 Å². The van der Waals surface area contributed by atoms with Crippen molar-refractivity contribution >= 4 is 15.9 Å². The van der Waals surface area contributed by atoms with Gasteiger partial charge in [0.05, 0.1) is 11.6 Å². The van der Waals surface area contributed by atoms with E-state index >= 15 is 0 Å². The molecule has 0 radical (unpaired) electrons. The van der Waals surface area contributed by atoms with E-state index in [1.54, 1.807) is 0 Å². The van der Waals surface area contributed by atoms with Crippen molar-refractivity contribution in [1.82, 2.24) is 0 Å². The molecule has 56 valence electrons. The van der Waals surface area contributed by atoms with Crippen molar-refractivity contribution in [1.29, 1.82) is 5.26 Å². The van der Waals surface area contributed by atoms with E-state index in [0.717, 1.165) is 17.3 Å². The molecule has 0 atom stereocenters.